The highest BCUT2D eigenvalue weighted by atomic mass is 32.2. The highest BCUT2D eigenvalue weighted by molar-refractivity contribution is 7.88. The number of hydrogen-bond acceptors (Lipinski definition) is 4. The van der Waals surface area contributed by atoms with Gasteiger partial charge in [-0.2, -0.15) is 0 Å². The SMILES string of the molecule is C[C@@H](CCC1C(=O)N(c2ccc(C#CCNS(C)(=O)=O)cc2)[C@@H]1c1ccc(O)cc1)c1ccc(F)cc1. The molecule has 8 heteroatoms. The highest BCUT2D eigenvalue weighted by Gasteiger charge is 2.48. The van der Waals surface area contributed by atoms with Crippen molar-refractivity contribution in [2.45, 2.75) is 31.7 Å². The minimum absolute atomic E-state index is 0.0200. The molecule has 1 amide bonds. The summed E-state index contributed by atoms with van der Waals surface area (Å²) in [6, 6.07) is 20.5. The number of amides is 1. The zero-order valence-electron chi connectivity index (χ0n) is 20.7. The summed E-state index contributed by atoms with van der Waals surface area (Å²) in [6.45, 7) is 2.10. The summed E-state index contributed by atoms with van der Waals surface area (Å²) in [5.41, 5.74) is 3.42. The Bertz CT molecular complexity index is 1410. The van der Waals surface area contributed by atoms with Gasteiger partial charge in [0.15, 0.2) is 0 Å². The van der Waals surface area contributed by atoms with Gasteiger partial charge in [0.1, 0.15) is 11.6 Å². The number of phenolic OH excluding ortho intramolecular Hbond substituents is 1. The van der Waals surface area contributed by atoms with Gasteiger partial charge in [0.05, 0.1) is 24.8 Å². The number of hydrogen-bond donors (Lipinski definition) is 2. The fourth-order valence-corrected chi connectivity index (χ4v) is 4.91. The van der Waals surface area contributed by atoms with E-state index in [2.05, 4.69) is 23.5 Å². The Labute approximate surface area is 217 Å². The predicted octanol–water partition coefficient (Wildman–Crippen LogP) is 4.72. The largest absolute Gasteiger partial charge is 0.508 e. The number of nitrogens with one attached hydrogen (secondary N) is 1. The van der Waals surface area contributed by atoms with E-state index in [9.17, 15) is 22.7 Å². The zero-order chi connectivity index (χ0) is 26.6. The second kappa shape index (κ2) is 11.2. The van der Waals surface area contributed by atoms with Crippen molar-refractivity contribution in [2.24, 2.45) is 5.92 Å². The van der Waals surface area contributed by atoms with Crippen LogP contribution >= 0.6 is 0 Å². The van der Waals surface area contributed by atoms with E-state index in [1.807, 2.05) is 24.3 Å². The molecule has 3 aromatic carbocycles. The summed E-state index contributed by atoms with van der Waals surface area (Å²) in [4.78, 5) is 15.1. The number of carbonyl (C=O) groups is 1. The fraction of sp³-hybridized carbons (Fsp3) is 0.276. The van der Waals surface area contributed by atoms with Crippen molar-refractivity contribution in [3.05, 3.63) is 95.3 Å². The van der Waals surface area contributed by atoms with E-state index in [4.69, 9.17) is 0 Å². The molecule has 0 saturated carbocycles. The molecule has 0 aliphatic carbocycles. The molecule has 1 heterocycles. The standard InChI is InChI=1S/C29H29FN2O4S/c1-20(22-8-12-24(30)13-9-22)5-18-27-28(23-10-16-26(33)17-11-23)32(29(27)34)25-14-6-21(7-15-25)4-3-19-31-37(2,35)36/h6-17,20,27-28,31,33H,5,18-19H2,1-2H3/t20-,27?,28+/m0/s1. The van der Waals surface area contributed by atoms with Crippen LogP contribution in [0.15, 0.2) is 72.8 Å². The first-order valence-electron chi connectivity index (χ1n) is 12.0. The van der Waals surface area contributed by atoms with Gasteiger partial charge in [-0.1, -0.05) is 43.0 Å². The van der Waals surface area contributed by atoms with Gasteiger partial charge in [-0.25, -0.2) is 17.5 Å². The van der Waals surface area contributed by atoms with Gasteiger partial charge in [0, 0.05) is 11.3 Å². The second-order valence-electron chi connectivity index (χ2n) is 9.32. The summed E-state index contributed by atoms with van der Waals surface area (Å²) >= 11 is 0. The monoisotopic (exact) mass is 520 g/mol. The number of nitrogens with zero attached hydrogens (tertiary/aromatic N) is 1. The quantitative estimate of drug-likeness (QED) is 0.332. The lowest BCUT2D eigenvalue weighted by molar-refractivity contribution is -0.130. The van der Waals surface area contributed by atoms with Gasteiger partial charge in [-0.05, 0) is 78.4 Å². The molecule has 3 aromatic rings. The molecule has 4 rings (SSSR count). The van der Waals surface area contributed by atoms with Gasteiger partial charge in [-0.15, -0.1) is 0 Å². The van der Waals surface area contributed by atoms with Crippen molar-refractivity contribution in [3.63, 3.8) is 0 Å². The molecule has 1 saturated heterocycles. The van der Waals surface area contributed by atoms with Crippen molar-refractivity contribution >= 4 is 21.6 Å². The first-order valence-corrected chi connectivity index (χ1v) is 13.9. The van der Waals surface area contributed by atoms with Gasteiger partial charge in [0.25, 0.3) is 0 Å². The number of aromatic hydroxyl groups is 1. The smallest absolute Gasteiger partial charge is 0.233 e. The zero-order valence-corrected chi connectivity index (χ0v) is 21.5. The van der Waals surface area contributed by atoms with E-state index in [-0.39, 0.29) is 41.9 Å². The first-order chi connectivity index (χ1) is 17.6. The van der Waals surface area contributed by atoms with Crippen LogP contribution in [-0.2, 0) is 14.8 Å². The molecule has 192 valence electrons. The number of benzene rings is 3. The maximum Gasteiger partial charge on any atom is 0.233 e. The summed E-state index contributed by atoms with van der Waals surface area (Å²) in [7, 11) is -3.29. The van der Waals surface area contributed by atoms with Crippen molar-refractivity contribution in [2.75, 3.05) is 17.7 Å². The third-order valence-electron chi connectivity index (χ3n) is 6.60. The van der Waals surface area contributed by atoms with E-state index in [0.717, 1.165) is 29.5 Å². The molecule has 0 radical (unpaired) electrons. The van der Waals surface area contributed by atoms with E-state index in [1.54, 1.807) is 41.3 Å². The van der Waals surface area contributed by atoms with E-state index >= 15 is 0 Å². The highest BCUT2D eigenvalue weighted by Crippen LogP contribution is 2.46. The molecular weight excluding hydrogens is 491 g/mol. The van der Waals surface area contributed by atoms with Crippen LogP contribution in [0.1, 0.15) is 48.4 Å². The summed E-state index contributed by atoms with van der Waals surface area (Å²) in [6.07, 6.45) is 2.53. The number of rotatable bonds is 8. The fourth-order valence-electron chi connectivity index (χ4n) is 4.58. The molecular formula is C29H29FN2O4S. The number of anilines is 1. The molecule has 37 heavy (non-hydrogen) atoms. The molecule has 1 fully saturated rings. The summed E-state index contributed by atoms with van der Waals surface area (Å²) in [5.74, 6) is 5.57. The van der Waals surface area contributed by atoms with E-state index in [0.29, 0.717) is 12.0 Å². The van der Waals surface area contributed by atoms with Crippen LogP contribution in [0.3, 0.4) is 0 Å². The Morgan fingerprint density at radius 1 is 1.03 bits per heavy atom. The van der Waals surface area contributed by atoms with Crippen LogP contribution in [0, 0.1) is 23.6 Å². The first kappa shape index (κ1) is 26.4. The Morgan fingerprint density at radius 3 is 2.30 bits per heavy atom. The lowest BCUT2D eigenvalue weighted by atomic mass is 9.77. The minimum atomic E-state index is -3.29. The van der Waals surface area contributed by atoms with Gasteiger partial charge < -0.3 is 10.0 Å². The maximum atomic E-state index is 13.3. The maximum absolute atomic E-state index is 13.3. The molecule has 1 unspecified atom stereocenters. The topological polar surface area (TPSA) is 86.7 Å². The Morgan fingerprint density at radius 2 is 1.68 bits per heavy atom. The van der Waals surface area contributed by atoms with Crippen LogP contribution in [0.2, 0.25) is 0 Å². The second-order valence-corrected chi connectivity index (χ2v) is 11.2. The van der Waals surface area contributed by atoms with Crippen LogP contribution in [-0.4, -0.2) is 32.2 Å². The third kappa shape index (κ3) is 6.56. The Hall–Kier alpha value is -3.67. The molecule has 1 aliphatic rings. The lowest BCUT2D eigenvalue weighted by Crippen LogP contribution is -2.55. The number of β-lactam (4-membered cyclic amide) rings is 1. The molecule has 0 bridgehead atoms. The average Bonchev–Trinajstić information content (AvgIpc) is 2.86. The van der Waals surface area contributed by atoms with Gasteiger partial charge in [-0.3, -0.25) is 4.79 Å². The minimum Gasteiger partial charge on any atom is -0.508 e. The van der Waals surface area contributed by atoms with Gasteiger partial charge >= 0.3 is 0 Å². The van der Waals surface area contributed by atoms with E-state index in [1.165, 1.54) is 12.1 Å². The van der Waals surface area contributed by atoms with E-state index < -0.39 is 10.0 Å². The van der Waals surface area contributed by atoms with Crippen LogP contribution in [0.5, 0.6) is 5.75 Å². The Kier molecular flexibility index (Phi) is 7.96. The molecule has 1 aliphatic heterocycles. The molecule has 6 nitrogen and oxygen atoms in total. The van der Waals surface area contributed by atoms with Crippen LogP contribution in [0.4, 0.5) is 10.1 Å². The molecule has 0 spiro atoms. The van der Waals surface area contributed by atoms with Crippen molar-refractivity contribution in [3.8, 4) is 17.6 Å². The van der Waals surface area contributed by atoms with Crippen molar-refractivity contribution in [1.82, 2.24) is 4.72 Å². The van der Waals surface area contributed by atoms with Crippen LogP contribution in [0.25, 0.3) is 0 Å². The number of sulfonamides is 1. The predicted molar refractivity (Wildman–Crippen MR) is 142 cm³/mol. The third-order valence-corrected chi connectivity index (χ3v) is 7.27. The summed E-state index contributed by atoms with van der Waals surface area (Å²) < 4.78 is 37.9. The Balaban J connectivity index is 1.50. The number of phenols is 1. The van der Waals surface area contributed by atoms with Gasteiger partial charge in [0.2, 0.25) is 15.9 Å². The summed E-state index contributed by atoms with van der Waals surface area (Å²) in [5, 5.41) is 9.76. The molecule has 2 N–H and O–H groups in total. The van der Waals surface area contributed by atoms with Crippen molar-refractivity contribution < 1.29 is 22.7 Å². The normalized spacial score (nSPS) is 18.0. The lowest BCUT2D eigenvalue weighted by Gasteiger charge is -2.48. The van der Waals surface area contributed by atoms with Crippen LogP contribution < -0.4 is 9.62 Å². The number of carbonyl (C=O) groups excluding carboxylic acids is 1. The average molecular weight is 521 g/mol. The number of halogens is 1. The molecule has 3 atom stereocenters. The molecule has 0 aromatic heterocycles. The van der Waals surface area contributed by atoms with Crippen molar-refractivity contribution in [1.29, 1.82) is 0 Å².